The van der Waals surface area contributed by atoms with E-state index in [0.717, 1.165) is 12.1 Å². The number of nitrogens with zero attached hydrogens (tertiary/aromatic N) is 1. The molecule has 1 N–H and O–H groups in total. The SMILES string of the molecule is O=S(=O)(Nc1ccc(F)nc1F)c1ccc(Cl)c(Br)c1. The first-order valence-electron chi connectivity index (χ1n) is 5.09. The Morgan fingerprint density at radius 3 is 2.50 bits per heavy atom. The van der Waals surface area contributed by atoms with Gasteiger partial charge in [0.1, 0.15) is 5.69 Å². The summed E-state index contributed by atoms with van der Waals surface area (Å²) in [5, 5.41) is 0.332. The van der Waals surface area contributed by atoms with Gasteiger partial charge in [-0.05, 0) is 46.3 Å². The van der Waals surface area contributed by atoms with Gasteiger partial charge in [0, 0.05) is 4.47 Å². The molecule has 0 aliphatic heterocycles. The molecule has 1 aromatic carbocycles. The van der Waals surface area contributed by atoms with Crippen LogP contribution in [0, 0.1) is 11.9 Å². The average Bonchev–Trinajstić information content (AvgIpc) is 2.36. The van der Waals surface area contributed by atoms with Gasteiger partial charge in [-0.1, -0.05) is 11.6 Å². The van der Waals surface area contributed by atoms with Crippen molar-refractivity contribution >= 4 is 43.2 Å². The van der Waals surface area contributed by atoms with Gasteiger partial charge < -0.3 is 0 Å². The van der Waals surface area contributed by atoms with Crippen LogP contribution in [0.15, 0.2) is 39.7 Å². The van der Waals surface area contributed by atoms with Gasteiger partial charge in [0.05, 0.1) is 9.92 Å². The summed E-state index contributed by atoms with van der Waals surface area (Å²) in [6.45, 7) is 0. The van der Waals surface area contributed by atoms with Crippen LogP contribution in [0.3, 0.4) is 0 Å². The highest BCUT2D eigenvalue weighted by Gasteiger charge is 2.18. The molecule has 1 heterocycles. The van der Waals surface area contributed by atoms with E-state index in [1.807, 2.05) is 4.72 Å². The van der Waals surface area contributed by atoms with Crippen LogP contribution < -0.4 is 4.72 Å². The Balaban J connectivity index is 2.38. The van der Waals surface area contributed by atoms with Gasteiger partial charge in [-0.3, -0.25) is 4.72 Å². The van der Waals surface area contributed by atoms with Crippen molar-refractivity contribution in [2.24, 2.45) is 0 Å². The molecule has 0 saturated carbocycles. The van der Waals surface area contributed by atoms with Gasteiger partial charge in [-0.2, -0.15) is 13.8 Å². The largest absolute Gasteiger partial charge is 0.275 e. The van der Waals surface area contributed by atoms with Crippen molar-refractivity contribution in [2.45, 2.75) is 4.90 Å². The third-order valence-electron chi connectivity index (χ3n) is 2.26. The molecular weight excluding hydrogens is 378 g/mol. The number of nitrogens with one attached hydrogen (secondary N) is 1. The Bertz CT molecular complexity index is 771. The number of hydrogen-bond donors (Lipinski definition) is 1. The second kappa shape index (κ2) is 5.63. The van der Waals surface area contributed by atoms with Crippen LogP contribution >= 0.6 is 27.5 Å². The van der Waals surface area contributed by atoms with E-state index in [9.17, 15) is 17.2 Å². The third kappa shape index (κ3) is 3.25. The van der Waals surface area contributed by atoms with E-state index >= 15 is 0 Å². The number of rotatable bonds is 3. The summed E-state index contributed by atoms with van der Waals surface area (Å²) >= 11 is 8.85. The second-order valence-electron chi connectivity index (χ2n) is 3.65. The minimum absolute atomic E-state index is 0.127. The molecule has 4 nitrogen and oxygen atoms in total. The minimum Gasteiger partial charge on any atom is -0.275 e. The van der Waals surface area contributed by atoms with E-state index in [2.05, 4.69) is 20.9 Å². The lowest BCUT2D eigenvalue weighted by Gasteiger charge is -2.09. The Hall–Kier alpha value is -1.25. The fourth-order valence-corrected chi connectivity index (χ4v) is 3.06. The lowest BCUT2D eigenvalue weighted by atomic mass is 10.4. The fraction of sp³-hybridized carbons (Fsp3) is 0. The van der Waals surface area contributed by atoms with Gasteiger partial charge in [-0.25, -0.2) is 8.42 Å². The third-order valence-corrected chi connectivity index (χ3v) is 4.84. The number of benzene rings is 1. The van der Waals surface area contributed by atoms with Crippen LogP contribution in [-0.2, 0) is 10.0 Å². The first-order chi connectivity index (χ1) is 9.29. The van der Waals surface area contributed by atoms with Gasteiger partial charge in [0.25, 0.3) is 10.0 Å². The summed E-state index contributed by atoms with van der Waals surface area (Å²) in [5.41, 5.74) is -0.447. The van der Waals surface area contributed by atoms with E-state index in [1.54, 1.807) is 0 Å². The van der Waals surface area contributed by atoms with Crippen LogP contribution in [0.2, 0.25) is 5.02 Å². The van der Waals surface area contributed by atoms with Gasteiger partial charge >= 0.3 is 0 Å². The molecule has 0 aliphatic rings. The number of sulfonamides is 1. The Kier molecular flexibility index (Phi) is 4.26. The first kappa shape index (κ1) is 15.1. The molecule has 0 fully saturated rings. The molecule has 0 radical (unpaired) electrons. The minimum atomic E-state index is -4.03. The molecular formula is C11H6BrClF2N2O2S. The summed E-state index contributed by atoms with van der Waals surface area (Å²) in [4.78, 5) is 2.77. The molecule has 1 aromatic heterocycles. The monoisotopic (exact) mass is 382 g/mol. The number of hydrogen-bond acceptors (Lipinski definition) is 3. The zero-order valence-corrected chi connectivity index (χ0v) is 12.7. The lowest BCUT2D eigenvalue weighted by molar-refractivity contribution is 0.515. The topological polar surface area (TPSA) is 59.1 Å². The summed E-state index contributed by atoms with van der Waals surface area (Å²) in [5.74, 6) is -2.29. The van der Waals surface area contributed by atoms with Crippen molar-refractivity contribution in [3.63, 3.8) is 0 Å². The van der Waals surface area contributed by atoms with Crippen LogP contribution in [0.25, 0.3) is 0 Å². The predicted octanol–water partition coefficient (Wildman–Crippen LogP) is 3.58. The Morgan fingerprint density at radius 2 is 1.90 bits per heavy atom. The normalized spacial score (nSPS) is 11.4. The number of anilines is 1. The molecule has 0 unspecified atom stereocenters. The highest BCUT2D eigenvalue weighted by atomic mass is 79.9. The maximum atomic E-state index is 13.3. The molecule has 0 spiro atoms. The Morgan fingerprint density at radius 1 is 1.20 bits per heavy atom. The second-order valence-corrected chi connectivity index (χ2v) is 6.60. The van der Waals surface area contributed by atoms with Crippen molar-refractivity contribution < 1.29 is 17.2 Å². The molecule has 106 valence electrons. The highest BCUT2D eigenvalue weighted by Crippen LogP contribution is 2.26. The lowest BCUT2D eigenvalue weighted by Crippen LogP contribution is -2.14. The summed E-state index contributed by atoms with van der Waals surface area (Å²) in [6.07, 6.45) is 0. The van der Waals surface area contributed by atoms with E-state index in [1.165, 1.54) is 18.2 Å². The number of pyridine rings is 1. The average molecular weight is 384 g/mol. The predicted molar refractivity (Wildman–Crippen MR) is 74.1 cm³/mol. The molecule has 0 amide bonds. The molecule has 0 bridgehead atoms. The van der Waals surface area contributed by atoms with Crippen molar-refractivity contribution in [1.82, 2.24) is 4.98 Å². The summed E-state index contributed by atoms with van der Waals surface area (Å²) in [6, 6.07) is 5.68. The Labute approximate surface area is 127 Å². The molecule has 0 aliphatic carbocycles. The standard InChI is InChI=1S/C11H6BrClF2N2O2S/c12-7-5-6(1-2-8(7)13)20(18,19)17-9-3-4-10(14)16-11(9)15/h1-5,17H. The van der Waals surface area contributed by atoms with Gasteiger partial charge in [-0.15, -0.1) is 0 Å². The smallest absolute Gasteiger partial charge is 0.262 e. The van der Waals surface area contributed by atoms with Crippen LogP contribution in [0.5, 0.6) is 0 Å². The van der Waals surface area contributed by atoms with Crippen LogP contribution in [0.1, 0.15) is 0 Å². The number of halogens is 4. The summed E-state index contributed by atoms with van der Waals surface area (Å²) in [7, 11) is -4.03. The van der Waals surface area contributed by atoms with Crippen LogP contribution in [-0.4, -0.2) is 13.4 Å². The first-order valence-corrected chi connectivity index (χ1v) is 7.75. The zero-order valence-electron chi connectivity index (χ0n) is 9.57. The highest BCUT2D eigenvalue weighted by molar-refractivity contribution is 9.10. The van der Waals surface area contributed by atoms with E-state index < -0.39 is 27.6 Å². The molecule has 20 heavy (non-hydrogen) atoms. The van der Waals surface area contributed by atoms with Crippen molar-refractivity contribution in [3.8, 4) is 0 Å². The molecule has 0 atom stereocenters. The molecule has 9 heteroatoms. The van der Waals surface area contributed by atoms with E-state index in [0.29, 0.717) is 9.50 Å². The fourth-order valence-electron chi connectivity index (χ4n) is 1.34. The van der Waals surface area contributed by atoms with Gasteiger partial charge in [0.2, 0.25) is 11.9 Å². The van der Waals surface area contributed by atoms with Crippen molar-refractivity contribution in [2.75, 3.05) is 4.72 Å². The molecule has 2 aromatic rings. The zero-order chi connectivity index (χ0) is 14.9. The molecule has 2 rings (SSSR count). The van der Waals surface area contributed by atoms with Crippen molar-refractivity contribution in [3.05, 3.63) is 51.7 Å². The van der Waals surface area contributed by atoms with Crippen molar-refractivity contribution in [1.29, 1.82) is 0 Å². The van der Waals surface area contributed by atoms with E-state index in [-0.39, 0.29) is 4.90 Å². The molecule has 0 saturated heterocycles. The van der Waals surface area contributed by atoms with E-state index in [4.69, 9.17) is 11.6 Å². The van der Waals surface area contributed by atoms with Crippen LogP contribution in [0.4, 0.5) is 14.5 Å². The summed E-state index contributed by atoms with van der Waals surface area (Å²) < 4.78 is 52.4. The number of aromatic nitrogens is 1. The maximum Gasteiger partial charge on any atom is 0.262 e. The quantitative estimate of drug-likeness (QED) is 0.824. The maximum absolute atomic E-state index is 13.3. The van der Waals surface area contributed by atoms with Gasteiger partial charge in [0.15, 0.2) is 0 Å².